The molecule has 2 aromatic rings. The molecule has 5 heteroatoms. The van der Waals surface area contributed by atoms with Crippen LogP contribution in [0.1, 0.15) is 41.6 Å². The first-order chi connectivity index (χ1) is 12.0. The summed E-state index contributed by atoms with van der Waals surface area (Å²) in [6.45, 7) is 0.575. The fourth-order valence-corrected chi connectivity index (χ4v) is 2.46. The van der Waals surface area contributed by atoms with Crippen LogP contribution in [0.2, 0.25) is 0 Å². The average Bonchev–Trinajstić information content (AvgIpc) is 2.61. The molecule has 4 nitrogen and oxygen atoms in total. The SMILES string of the molecule is O=C(CCCC(=O)c1ccc(F)cc1)NCCCc1ccc(O)cc1. The van der Waals surface area contributed by atoms with Crippen LogP contribution in [0.3, 0.4) is 0 Å². The Kier molecular flexibility index (Phi) is 7.14. The van der Waals surface area contributed by atoms with Crippen molar-refractivity contribution in [3.63, 3.8) is 0 Å². The molecule has 2 N–H and O–H groups in total. The fourth-order valence-electron chi connectivity index (χ4n) is 2.46. The molecular weight excluding hydrogens is 321 g/mol. The van der Waals surface area contributed by atoms with Crippen molar-refractivity contribution in [2.45, 2.75) is 32.1 Å². The first kappa shape index (κ1) is 18.6. The maximum absolute atomic E-state index is 12.8. The number of halogens is 1. The maximum Gasteiger partial charge on any atom is 0.220 e. The van der Waals surface area contributed by atoms with Gasteiger partial charge in [0, 0.05) is 24.9 Å². The van der Waals surface area contributed by atoms with E-state index in [9.17, 15) is 19.1 Å². The van der Waals surface area contributed by atoms with Crippen molar-refractivity contribution >= 4 is 11.7 Å². The molecule has 0 bridgehead atoms. The number of Topliss-reactive ketones (excluding diaryl/α,β-unsaturated/α-hetero) is 1. The minimum Gasteiger partial charge on any atom is -0.508 e. The largest absolute Gasteiger partial charge is 0.508 e. The molecule has 2 rings (SSSR count). The second kappa shape index (κ2) is 9.57. The number of carbonyl (C=O) groups is 2. The van der Waals surface area contributed by atoms with Gasteiger partial charge in [0.15, 0.2) is 5.78 Å². The van der Waals surface area contributed by atoms with E-state index in [1.807, 2.05) is 12.1 Å². The van der Waals surface area contributed by atoms with E-state index in [0.29, 0.717) is 24.9 Å². The van der Waals surface area contributed by atoms with Gasteiger partial charge >= 0.3 is 0 Å². The Balaban J connectivity index is 1.58. The van der Waals surface area contributed by atoms with E-state index in [2.05, 4.69) is 5.32 Å². The summed E-state index contributed by atoms with van der Waals surface area (Å²) < 4.78 is 12.8. The zero-order valence-electron chi connectivity index (χ0n) is 14.0. The molecule has 0 unspecified atom stereocenters. The molecule has 0 saturated carbocycles. The smallest absolute Gasteiger partial charge is 0.220 e. The number of aryl methyl sites for hydroxylation is 1. The summed E-state index contributed by atoms with van der Waals surface area (Å²) in [4.78, 5) is 23.7. The molecule has 0 saturated heterocycles. The summed E-state index contributed by atoms with van der Waals surface area (Å²) in [6.07, 6.45) is 2.67. The van der Waals surface area contributed by atoms with Crippen LogP contribution in [0, 0.1) is 5.82 Å². The number of hydrogen-bond acceptors (Lipinski definition) is 3. The van der Waals surface area contributed by atoms with Crippen molar-refractivity contribution in [2.24, 2.45) is 0 Å². The van der Waals surface area contributed by atoms with Gasteiger partial charge in [-0.2, -0.15) is 0 Å². The van der Waals surface area contributed by atoms with Gasteiger partial charge in [-0.25, -0.2) is 4.39 Å². The van der Waals surface area contributed by atoms with Gasteiger partial charge in [0.25, 0.3) is 0 Å². The van der Waals surface area contributed by atoms with Crippen LogP contribution in [0.5, 0.6) is 5.75 Å². The van der Waals surface area contributed by atoms with Crippen LogP contribution in [-0.2, 0) is 11.2 Å². The van der Waals surface area contributed by atoms with E-state index in [1.54, 1.807) is 12.1 Å². The number of phenolic OH excluding ortho intramolecular Hbond substituents is 1. The third-order valence-corrected chi connectivity index (χ3v) is 3.87. The van der Waals surface area contributed by atoms with Gasteiger partial charge in [-0.1, -0.05) is 12.1 Å². The Labute approximate surface area is 146 Å². The quantitative estimate of drug-likeness (QED) is 0.540. The summed E-state index contributed by atoms with van der Waals surface area (Å²) >= 11 is 0. The van der Waals surface area contributed by atoms with E-state index in [-0.39, 0.29) is 29.7 Å². The first-order valence-electron chi connectivity index (χ1n) is 8.38. The van der Waals surface area contributed by atoms with Crippen LogP contribution in [0.4, 0.5) is 4.39 Å². The molecule has 0 aliphatic carbocycles. The lowest BCUT2D eigenvalue weighted by molar-refractivity contribution is -0.121. The molecule has 0 aromatic heterocycles. The monoisotopic (exact) mass is 343 g/mol. The number of hydrogen-bond donors (Lipinski definition) is 2. The van der Waals surface area contributed by atoms with Gasteiger partial charge in [-0.15, -0.1) is 0 Å². The van der Waals surface area contributed by atoms with Gasteiger partial charge < -0.3 is 10.4 Å². The number of ketones is 1. The molecule has 132 valence electrons. The number of phenols is 1. The molecule has 2 aromatic carbocycles. The van der Waals surface area contributed by atoms with Gasteiger partial charge in [0.1, 0.15) is 11.6 Å². The minimum absolute atomic E-state index is 0.0717. The van der Waals surface area contributed by atoms with E-state index in [0.717, 1.165) is 18.4 Å². The number of benzene rings is 2. The Morgan fingerprint density at radius 2 is 1.60 bits per heavy atom. The summed E-state index contributed by atoms with van der Waals surface area (Å²) in [7, 11) is 0. The Morgan fingerprint density at radius 1 is 0.920 bits per heavy atom. The zero-order valence-corrected chi connectivity index (χ0v) is 14.0. The van der Waals surface area contributed by atoms with E-state index < -0.39 is 0 Å². The summed E-state index contributed by atoms with van der Waals surface area (Å²) in [6, 6.07) is 12.4. The molecular formula is C20H22FNO3. The predicted molar refractivity (Wildman–Crippen MR) is 94.0 cm³/mol. The van der Waals surface area contributed by atoms with E-state index in [1.165, 1.54) is 24.3 Å². The molecule has 0 heterocycles. The Hall–Kier alpha value is -2.69. The predicted octanol–water partition coefficient (Wildman–Crippen LogP) is 3.63. The number of nitrogens with one attached hydrogen (secondary N) is 1. The number of aromatic hydroxyl groups is 1. The summed E-state index contributed by atoms with van der Waals surface area (Å²) in [5.41, 5.74) is 1.58. The van der Waals surface area contributed by atoms with Crippen molar-refractivity contribution in [1.82, 2.24) is 5.32 Å². The van der Waals surface area contributed by atoms with Gasteiger partial charge in [-0.3, -0.25) is 9.59 Å². The van der Waals surface area contributed by atoms with E-state index >= 15 is 0 Å². The highest BCUT2D eigenvalue weighted by atomic mass is 19.1. The third-order valence-electron chi connectivity index (χ3n) is 3.87. The standard InChI is InChI=1S/C20H22FNO3/c21-17-10-8-16(9-11-17)19(24)4-1-5-20(25)22-14-2-3-15-6-12-18(23)13-7-15/h6-13,23H,1-5,14H2,(H,22,25). The first-order valence-corrected chi connectivity index (χ1v) is 8.38. The lowest BCUT2D eigenvalue weighted by atomic mass is 10.1. The highest BCUT2D eigenvalue weighted by molar-refractivity contribution is 5.96. The van der Waals surface area contributed by atoms with Crippen LogP contribution < -0.4 is 5.32 Å². The lowest BCUT2D eigenvalue weighted by Crippen LogP contribution is -2.24. The van der Waals surface area contributed by atoms with Crippen LogP contribution in [0.15, 0.2) is 48.5 Å². The van der Waals surface area contributed by atoms with Crippen molar-refractivity contribution < 1.29 is 19.1 Å². The van der Waals surface area contributed by atoms with Gasteiger partial charge in [-0.05, 0) is 61.2 Å². The highest BCUT2D eigenvalue weighted by Gasteiger charge is 2.08. The molecule has 25 heavy (non-hydrogen) atoms. The van der Waals surface area contributed by atoms with Crippen LogP contribution >= 0.6 is 0 Å². The normalized spacial score (nSPS) is 10.4. The number of carbonyl (C=O) groups excluding carboxylic acids is 2. The molecule has 0 atom stereocenters. The Morgan fingerprint density at radius 3 is 2.28 bits per heavy atom. The van der Waals surface area contributed by atoms with Crippen molar-refractivity contribution in [1.29, 1.82) is 0 Å². The summed E-state index contributed by atoms with van der Waals surface area (Å²) in [5.74, 6) is -0.284. The van der Waals surface area contributed by atoms with Crippen molar-refractivity contribution in [3.05, 3.63) is 65.5 Å². The number of rotatable bonds is 9. The van der Waals surface area contributed by atoms with Crippen LogP contribution in [0.25, 0.3) is 0 Å². The molecule has 0 fully saturated rings. The molecule has 1 amide bonds. The van der Waals surface area contributed by atoms with Crippen molar-refractivity contribution in [3.8, 4) is 5.75 Å². The van der Waals surface area contributed by atoms with Crippen LogP contribution in [-0.4, -0.2) is 23.3 Å². The Bertz CT molecular complexity index is 696. The van der Waals surface area contributed by atoms with Gasteiger partial charge in [0.2, 0.25) is 5.91 Å². The second-order valence-electron chi connectivity index (χ2n) is 5.90. The maximum atomic E-state index is 12.8. The third kappa shape index (κ3) is 6.75. The fraction of sp³-hybridized carbons (Fsp3) is 0.300. The van der Waals surface area contributed by atoms with Gasteiger partial charge in [0.05, 0.1) is 0 Å². The molecule has 0 radical (unpaired) electrons. The highest BCUT2D eigenvalue weighted by Crippen LogP contribution is 2.11. The lowest BCUT2D eigenvalue weighted by Gasteiger charge is -2.06. The van der Waals surface area contributed by atoms with E-state index in [4.69, 9.17) is 0 Å². The molecule has 0 spiro atoms. The molecule has 0 aliphatic rings. The average molecular weight is 343 g/mol. The minimum atomic E-state index is -0.372. The van der Waals surface area contributed by atoms with Crippen molar-refractivity contribution in [2.75, 3.05) is 6.54 Å². The molecule has 0 aliphatic heterocycles. The zero-order chi connectivity index (χ0) is 18.1. The topological polar surface area (TPSA) is 66.4 Å². The summed E-state index contributed by atoms with van der Waals surface area (Å²) in [5, 5.41) is 12.0. The number of amides is 1. The second-order valence-corrected chi connectivity index (χ2v) is 5.90.